The van der Waals surface area contributed by atoms with Gasteiger partial charge in [0, 0.05) is 19.0 Å². The van der Waals surface area contributed by atoms with Crippen molar-refractivity contribution in [3.8, 4) is 0 Å². The average Bonchev–Trinajstić information content (AvgIpc) is 2.68. The van der Waals surface area contributed by atoms with Gasteiger partial charge in [-0.05, 0) is 22.8 Å². The van der Waals surface area contributed by atoms with Gasteiger partial charge in [-0.1, -0.05) is 60.7 Å². The second-order valence-electron chi connectivity index (χ2n) is 6.12. The molecule has 0 amide bonds. The van der Waals surface area contributed by atoms with Crippen LogP contribution in [0.3, 0.4) is 0 Å². The van der Waals surface area contributed by atoms with Gasteiger partial charge >= 0.3 is 0 Å². The highest BCUT2D eigenvalue weighted by molar-refractivity contribution is 5.70. The van der Waals surface area contributed by atoms with Gasteiger partial charge in [0.2, 0.25) is 0 Å². The number of nitrogens with two attached hydrogens (primary N) is 3. The molecule has 1 heterocycles. The molecule has 0 aliphatic rings. The zero-order valence-electron chi connectivity index (χ0n) is 14.5. The highest BCUT2D eigenvalue weighted by Gasteiger charge is 2.19. The standard InChI is InChI=1S/C20H24N6/c21-18-11-16(19(22)20(25-18)26-23)17(15-9-5-2-6-10-15)13-24-12-14-7-3-1-4-8-14/h1-11,17,24H,12-13,22-23H2,(H3,21,25,26). The van der Waals surface area contributed by atoms with Crippen LogP contribution in [0.2, 0.25) is 0 Å². The predicted molar refractivity (Wildman–Crippen MR) is 107 cm³/mol. The molecule has 6 heteroatoms. The summed E-state index contributed by atoms with van der Waals surface area (Å²) in [5.41, 5.74) is 18.6. The molecule has 1 atom stereocenters. The Morgan fingerprint density at radius 2 is 1.58 bits per heavy atom. The molecule has 134 valence electrons. The molecule has 3 aromatic rings. The summed E-state index contributed by atoms with van der Waals surface area (Å²) in [7, 11) is 0. The Kier molecular flexibility index (Phi) is 5.68. The van der Waals surface area contributed by atoms with Crippen LogP contribution in [0.4, 0.5) is 17.3 Å². The molecule has 6 nitrogen and oxygen atoms in total. The fraction of sp³-hybridized carbons (Fsp3) is 0.150. The number of hydrogen-bond acceptors (Lipinski definition) is 6. The van der Waals surface area contributed by atoms with Crippen molar-refractivity contribution >= 4 is 17.3 Å². The number of nitrogen functional groups attached to an aromatic ring is 3. The van der Waals surface area contributed by atoms with E-state index in [9.17, 15) is 0 Å². The Balaban J connectivity index is 1.88. The van der Waals surface area contributed by atoms with Crippen molar-refractivity contribution in [2.24, 2.45) is 5.84 Å². The number of hydrogen-bond donors (Lipinski definition) is 5. The van der Waals surface area contributed by atoms with E-state index in [0.29, 0.717) is 23.9 Å². The van der Waals surface area contributed by atoms with E-state index in [1.165, 1.54) is 5.56 Å². The Morgan fingerprint density at radius 3 is 2.23 bits per heavy atom. The summed E-state index contributed by atoms with van der Waals surface area (Å²) in [5.74, 6) is 6.34. The monoisotopic (exact) mass is 348 g/mol. The van der Waals surface area contributed by atoms with Gasteiger partial charge in [-0.2, -0.15) is 0 Å². The maximum Gasteiger partial charge on any atom is 0.165 e. The van der Waals surface area contributed by atoms with Gasteiger partial charge in [-0.25, -0.2) is 10.8 Å². The van der Waals surface area contributed by atoms with Crippen LogP contribution in [0, 0.1) is 0 Å². The van der Waals surface area contributed by atoms with Crippen LogP contribution in [0.1, 0.15) is 22.6 Å². The van der Waals surface area contributed by atoms with Gasteiger partial charge in [0.15, 0.2) is 5.82 Å². The molecule has 0 spiro atoms. The molecule has 1 unspecified atom stereocenters. The molecule has 26 heavy (non-hydrogen) atoms. The van der Waals surface area contributed by atoms with E-state index in [1.807, 2.05) is 42.5 Å². The van der Waals surface area contributed by atoms with E-state index in [4.69, 9.17) is 17.3 Å². The lowest BCUT2D eigenvalue weighted by molar-refractivity contribution is 0.637. The molecule has 0 saturated heterocycles. The molecule has 0 fully saturated rings. The topological polar surface area (TPSA) is 115 Å². The Hall–Kier alpha value is -3.09. The van der Waals surface area contributed by atoms with Crippen LogP contribution >= 0.6 is 0 Å². The molecule has 0 aliphatic carbocycles. The molecule has 1 aromatic heterocycles. The Labute approximate surface area is 153 Å². The lowest BCUT2D eigenvalue weighted by atomic mass is 9.90. The minimum absolute atomic E-state index is 0.0253. The normalized spacial score (nSPS) is 11.9. The molecule has 0 aliphatic heterocycles. The van der Waals surface area contributed by atoms with E-state index < -0.39 is 0 Å². The highest BCUT2D eigenvalue weighted by Crippen LogP contribution is 2.33. The van der Waals surface area contributed by atoms with Crippen LogP contribution in [0.15, 0.2) is 66.7 Å². The predicted octanol–water partition coefficient (Wildman–Crippen LogP) is 2.45. The second kappa shape index (κ2) is 8.33. The highest BCUT2D eigenvalue weighted by atomic mass is 15.3. The Bertz CT molecular complexity index is 836. The first-order valence-electron chi connectivity index (χ1n) is 8.51. The fourth-order valence-corrected chi connectivity index (χ4v) is 3.04. The maximum absolute atomic E-state index is 6.30. The van der Waals surface area contributed by atoms with Crippen molar-refractivity contribution < 1.29 is 0 Å². The van der Waals surface area contributed by atoms with Gasteiger partial charge in [0.1, 0.15) is 5.82 Å². The number of pyridine rings is 1. The van der Waals surface area contributed by atoms with Crippen molar-refractivity contribution in [2.75, 3.05) is 23.4 Å². The Morgan fingerprint density at radius 1 is 0.923 bits per heavy atom. The third kappa shape index (κ3) is 4.11. The van der Waals surface area contributed by atoms with E-state index in [-0.39, 0.29) is 5.92 Å². The molecule has 3 rings (SSSR count). The van der Waals surface area contributed by atoms with E-state index in [0.717, 1.165) is 17.7 Å². The third-order valence-electron chi connectivity index (χ3n) is 4.34. The average molecular weight is 348 g/mol. The second-order valence-corrected chi connectivity index (χ2v) is 6.12. The quantitative estimate of drug-likeness (QED) is 0.331. The first-order valence-corrected chi connectivity index (χ1v) is 8.51. The molecule has 8 N–H and O–H groups in total. The van der Waals surface area contributed by atoms with Crippen LogP contribution in [0.5, 0.6) is 0 Å². The molecule has 0 radical (unpaired) electrons. The van der Waals surface area contributed by atoms with Gasteiger partial charge in [-0.3, -0.25) is 0 Å². The van der Waals surface area contributed by atoms with Crippen LogP contribution in [-0.2, 0) is 6.54 Å². The lowest BCUT2D eigenvalue weighted by Crippen LogP contribution is -2.24. The van der Waals surface area contributed by atoms with Crippen LogP contribution < -0.4 is 28.1 Å². The smallest absolute Gasteiger partial charge is 0.165 e. The van der Waals surface area contributed by atoms with Crippen molar-refractivity contribution in [3.05, 3.63) is 83.4 Å². The zero-order valence-corrected chi connectivity index (χ0v) is 14.5. The molecular weight excluding hydrogens is 324 g/mol. The minimum Gasteiger partial charge on any atom is -0.395 e. The number of hydrazine groups is 1. The minimum atomic E-state index is 0.0253. The van der Waals surface area contributed by atoms with Gasteiger partial charge in [0.25, 0.3) is 0 Å². The van der Waals surface area contributed by atoms with Crippen molar-refractivity contribution in [3.63, 3.8) is 0 Å². The summed E-state index contributed by atoms with van der Waals surface area (Å²) in [6.07, 6.45) is 0. The van der Waals surface area contributed by atoms with E-state index in [2.05, 4.69) is 40.0 Å². The molecule has 2 aromatic carbocycles. The van der Waals surface area contributed by atoms with Crippen molar-refractivity contribution in [1.29, 1.82) is 0 Å². The van der Waals surface area contributed by atoms with E-state index >= 15 is 0 Å². The first kappa shape index (κ1) is 17.7. The number of anilines is 3. The summed E-state index contributed by atoms with van der Waals surface area (Å²) in [5, 5.41) is 3.51. The first-order chi connectivity index (χ1) is 12.7. The van der Waals surface area contributed by atoms with Gasteiger partial charge < -0.3 is 22.2 Å². The number of rotatable bonds is 7. The number of benzene rings is 2. The summed E-state index contributed by atoms with van der Waals surface area (Å²) in [6.45, 7) is 1.48. The van der Waals surface area contributed by atoms with Crippen molar-refractivity contribution in [2.45, 2.75) is 12.5 Å². The number of nitrogens with one attached hydrogen (secondary N) is 2. The molecule has 0 saturated carbocycles. The van der Waals surface area contributed by atoms with Crippen LogP contribution in [0.25, 0.3) is 0 Å². The van der Waals surface area contributed by atoms with Crippen molar-refractivity contribution in [1.82, 2.24) is 10.3 Å². The fourth-order valence-electron chi connectivity index (χ4n) is 3.04. The molecule has 0 bridgehead atoms. The number of aromatic nitrogens is 1. The van der Waals surface area contributed by atoms with Crippen LogP contribution in [-0.4, -0.2) is 11.5 Å². The summed E-state index contributed by atoms with van der Waals surface area (Å²) >= 11 is 0. The third-order valence-corrected chi connectivity index (χ3v) is 4.34. The lowest BCUT2D eigenvalue weighted by Gasteiger charge is -2.22. The zero-order chi connectivity index (χ0) is 18.4. The summed E-state index contributed by atoms with van der Waals surface area (Å²) in [6, 6.07) is 22.3. The SMILES string of the molecule is NNc1nc(N)cc(C(CNCc2ccccc2)c2ccccc2)c1N. The summed E-state index contributed by atoms with van der Waals surface area (Å²) in [4.78, 5) is 4.15. The maximum atomic E-state index is 6.30. The van der Waals surface area contributed by atoms with Gasteiger partial charge in [0.05, 0.1) is 5.69 Å². The largest absolute Gasteiger partial charge is 0.395 e. The molecular formula is C20H24N6. The van der Waals surface area contributed by atoms with Gasteiger partial charge in [-0.15, -0.1) is 0 Å². The number of nitrogens with zero attached hydrogens (tertiary/aromatic N) is 1. The van der Waals surface area contributed by atoms with E-state index in [1.54, 1.807) is 0 Å². The summed E-state index contributed by atoms with van der Waals surface area (Å²) < 4.78 is 0.